The summed E-state index contributed by atoms with van der Waals surface area (Å²) >= 11 is 0. The molecule has 0 aromatic heterocycles. The Morgan fingerprint density at radius 1 is 1.00 bits per heavy atom. The van der Waals surface area contributed by atoms with Gasteiger partial charge in [-0.1, -0.05) is 48.0 Å². The Kier molecular flexibility index (Phi) is 11.0. The van der Waals surface area contributed by atoms with E-state index in [9.17, 15) is 17.7 Å². The highest BCUT2D eigenvalue weighted by atomic mass is 31.2. The monoisotopic (exact) mass is 625 g/mol. The summed E-state index contributed by atoms with van der Waals surface area (Å²) in [5.41, 5.74) is -1.20. The van der Waals surface area contributed by atoms with E-state index in [4.69, 9.17) is 23.0 Å². The van der Waals surface area contributed by atoms with Crippen molar-refractivity contribution < 1.29 is 40.8 Å². The van der Waals surface area contributed by atoms with Crippen LogP contribution in [0.25, 0.3) is 6.08 Å². The lowest BCUT2D eigenvalue weighted by Gasteiger charge is -2.32. The number of aliphatic imine (C=N–C) groups is 1. The van der Waals surface area contributed by atoms with Crippen LogP contribution in [0.1, 0.15) is 77.1 Å². The largest absolute Gasteiger partial charge is 0.493 e. The van der Waals surface area contributed by atoms with E-state index in [0.29, 0.717) is 18.7 Å². The van der Waals surface area contributed by atoms with Crippen molar-refractivity contribution in [3.8, 4) is 5.75 Å². The van der Waals surface area contributed by atoms with Crippen LogP contribution >= 0.6 is 7.82 Å². The molecule has 0 aliphatic carbocycles. The van der Waals surface area contributed by atoms with Gasteiger partial charge in [0.05, 0.1) is 30.0 Å². The summed E-state index contributed by atoms with van der Waals surface area (Å²) in [5.74, 6) is 0.131. The predicted molar refractivity (Wildman–Crippen MR) is 162 cm³/mol. The lowest BCUT2D eigenvalue weighted by molar-refractivity contribution is -0.139. The summed E-state index contributed by atoms with van der Waals surface area (Å²) in [4.78, 5) is 4.50. The molecule has 43 heavy (non-hydrogen) atoms. The average Bonchev–Trinajstić information content (AvgIpc) is 3.23. The number of nitrogens with zero attached hydrogens (tertiary/aromatic N) is 1. The molecule has 11 heteroatoms. The van der Waals surface area contributed by atoms with Gasteiger partial charge in [-0.3, -0.25) is 13.6 Å². The molecule has 0 bridgehead atoms. The molecule has 0 radical (unpaired) electrons. The van der Waals surface area contributed by atoms with Crippen molar-refractivity contribution in [2.24, 2.45) is 4.99 Å². The van der Waals surface area contributed by atoms with Gasteiger partial charge in [0.25, 0.3) is 0 Å². The van der Waals surface area contributed by atoms with Crippen LogP contribution in [0.3, 0.4) is 0 Å². The maximum Gasteiger partial charge on any atom is 0.475 e. The molecule has 1 heterocycles. The first-order chi connectivity index (χ1) is 19.8. The topological polar surface area (TPSA) is 75.6 Å². The number of rotatable bonds is 12. The number of phosphoric acid groups is 1. The molecule has 2 aromatic carbocycles. The van der Waals surface area contributed by atoms with Gasteiger partial charge in [-0.2, -0.15) is 13.2 Å². The van der Waals surface area contributed by atoms with Crippen LogP contribution in [0.4, 0.5) is 13.2 Å². The van der Waals surface area contributed by atoms with Crippen LogP contribution in [0.2, 0.25) is 0 Å². The molecule has 1 unspecified atom stereocenters. The van der Waals surface area contributed by atoms with Gasteiger partial charge in [-0.05, 0) is 84.6 Å². The molecule has 0 fully saturated rings. The minimum Gasteiger partial charge on any atom is -0.493 e. The molecule has 1 aliphatic heterocycles. The Bertz CT molecular complexity index is 1340. The van der Waals surface area contributed by atoms with Crippen LogP contribution in [0.15, 0.2) is 53.5 Å². The highest BCUT2D eigenvalue weighted by Gasteiger charge is 2.42. The fraction of sp³-hybridized carbons (Fsp3) is 0.531. The Hall–Kier alpha value is -2.65. The third-order valence-corrected chi connectivity index (χ3v) is 7.99. The molecule has 1 aliphatic rings. The van der Waals surface area contributed by atoms with Gasteiger partial charge in [-0.25, -0.2) is 9.56 Å². The maximum atomic E-state index is 14.0. The average molecular weight is 626 g/mol. The summed E-state index contributed by atoms with van der Waals surface area (Å²) in [6.07, 6.45) is -0.261. The molecule has 1 atom stereocenters. The number of benzene rings is 2. The zero-order chi connectivity index (χ0) is 32.1. The molecule has 7 nitrogen and oxygen atoms in total. The minimum atomic E-state index is -4.62. The third-order valence-electron chi connectivity index (χ3n) is 6.00. The highest BCUT2D eigenvalue weighted by Crippen LogP contribution is 2.56. The van der Waals surface area contributed by atoms with E-state index in [0.717, 1.165) is 17.2 Å². The first-order valence-electron chi connectivity index (χ1n) is 14.2. The highest BCUT2D eigenvalue weighted by molar-refractivity contribution is 7.48. The molecule has 0 saturated heterocycles. The molecule has 3 rings (SSSR count). The van der Waals surface area contributed by atoms with Crippen molar-refractivity contribution in [2.45, 2.75) is 91.1 Å². The molecular formula is C32H43F3NO6P. The summed E-state index contributed by atoms with van der Waals surface area (Å²) in [5, 5.41) is 0. The second-order valence-corrected chi connectivity index (χ2v) is 14.2. The number of phosphoric ester groups is 1. The van der Waals surface area contributed by atoms with Crippen LogP contribution < -0.4 is 4.74 Å². The first kappa shape index (κ1) is 34.8. The van der Waals surface area contributed by atoms with Gasteiger partial charge < -0.3 is 9.47 Å². The zero-order valence-corrected chi connectivity index (χ0v) is 27.1. The summed E-state index contributed by atoms with van der Waals surface area (Å²) in [7, 11) is -4.07. The van der Waals surface area contributed by atoms with Crippen molar-refractivity contribution in [3.63, 3.8) is 0 Å². The van der Waals surface area contributed by atoms with Crippen LogP contribution in [0.5, 0.6) is 5.75 Å². The van der Waals surface area contributed by atoms with E-state index < -0.39 is 36.3 Å². The summed E-state index contributed by atoms with van der Waals surface area (Å²) < 4.78 is 83.9. The van der Waals surface area contributed by atoms with E-state index >= 15 is 0 Å². The van der Waals surface area contributed by atoms with Crippen LogP contribution in [-0.2, 0) is 35.5 Å². The van der Waals surface area contributed by atoms with Crippen molar-refractivity contribution in [2.75, 3.05) is 19.8 Å². The van der Waals surface area contributed by atoms with Gasteiger partial charge in [0.15, 0.2) is 5.90 Å². The van der Waals surface area contributed by atoms with E-state index in [1.54, 1.807) is 60.6 Å². The van der Waals surface area contributed by atoms with Crippen LogP contribution in [0, 0.1) is 6.92 Å². The normalized spacial score (nSPS) is 18.2. The summed E-state index contributed by atoms with van der Waals surface area (Å²) in [6.45, 7) is 13.9. The number of halogens is 3. The first-order valence-corrected chi connectivity index (χ1v) is 15.7. The molecule has 0 amide bonds. The zero-order valence-electron chi connectivity index (χ0n) is 26.2. The quantitative estimate of drug-likeness (QED) is 0.173. The number of alkyl halides is 3. The smallest absolute Gasteiger partial charge is 0.475 e. The van der Waals surface area contributed by atoms with Crippen molar-refractivity contribution in [3.05, 3.63) is 70.8 Å². The maximum absolute atomic E-state index is 14.0. The van der Waals surface area contributed by atoms with Crippen molar-refractivity contribution in [1.29, 1.82) is 0 Å². The van der Waals surface area contributed by atoms with E-state index in [2.05, 4.69) is 11.1 Å². The van der Waals surface area contributed by atoms with E-state index in [-0.39, 0.29) is 31.1 Å². The fourth-order valence-corrected chi connectivity index (χ4v) is 6.19. The van der Waals surface area contributed by atoms with E-state index in [1.807, 2.05) is 25.1 Å². The SMILES string of the molecule is CC1=NC(C=Cc2ccc(OCCCc3cccc(C)c3)c(C(F)(F)F)c2)(COP(=O)(OC(C)(C)C)OC(C)(C)C)CO1. The molecule has 0 spiro atoms. The summed E-state index contributed by atoms with van der Waals surface area (Å²) in [6, 6.07) is 11.9. The molecular weight excluding hydrogens is 582 g/mol. The molecule has 0 N–H and O–H groups in total. The van der Waals surface area contributed by atoms with Crippen molar-refractivity contribution >= 4 is 19.8 Å². The Morgan fingerprint density at radius 3 is 2.23 bits per heavy atom. The third kappa shape index (κ3) is 11.4. The van der Waals surface area contributed by atoms with Gasteiger partial charge in [0.1, 0.15) is 17.9 Å². The van der Waals surface area contributed by atoms with Crippen LogP contribution in [-0.4, -0.2) is 42.5 Å². The Balaban J connectivity index is 1.78. The molecule has 0 saturated carbocycles. The number of hydrogen-bond acceptors (Lipinski definition) is 7. The number of ether oxygens (including phenoxy) is 2. The lowest BCUT2D eigenvalue weighted by atomic mass is 10.0. The van der Waals surface area contributed by atoms with Crippen molar-refractivity contribution in [1.82, 2.24) is 0 Å². The number of aryl methyl sites for hydroxylation is 2. The van der Waals surface area contributed by atoms with E-state index in [1.165, 1.54) is 12.1 Å². The minimum absolute atomic E-state index is 0.0363. The number of hydrogen-bond donors (Lipinski definition) is 0. The standard InChI is InChI=1S/C32H43F3NO6P/c1-23-11-9-12-25(19-23)13-10-18-38-28-15-14-26(20-27(28)32(33,34)35)16-17-31(21-39-24(2)36-31)22-40-43(37,41-29(3,4)5)42-30(6,7)8/h9,11-12,14-17,19-20H,10,13,18,21-22H2,1-8H3. The Morgan fingerprint density at radius 2 is 1.67 bits per heavy atom. The molecule has 238 valence electrons. The molecule has 2 aromatic rings. The second kappa shape index (κ2) is 13.6. The fourth-order valence-electron chi connectivity index (χ4n) is 4.32. The van der Waals surface area contributed by atoms with Gasteiger partial charge in [-0.15, -0.1) is 0 Å². The second-order valence-electron chi connectivity index (χ2n) is 12.7. The predicted octanol–water partition coefficient (Wildman–Crippen LogP) is 8.98. The van der Waals surface area contributed by atoms with Gasteiger partial charge in [0, 0.05) is 6.92 Å². The van der Waals surface area contributed by atoms with Gasteiger partial charge in [0.2, 0.25) is 0 Å². The van der Waals surface area contributed by atoms with Gasteiger partial charge >= 0.3 is 14.0 Å². The lowest BCUT2D eigenvalue weighted by Crippen LogP contribution is -2.33. The Labute approximate surface area is 253 Å².